The van der Waals surface area contributed by atoms with E-state index >= 15 is 0 Å². The zero-order valence-electron chi connectivity index (χ0n) is 23.4. The number of nitrogens with one attached hydrogen (secondary N) is 1. The van der Waals surface area contributed by atoms with E-state index in [1.807, 2.05) is 30.5 Å². The van der Waals surface area contributed by atoms with Gasteiger partial charge in [0.25, 0.3) is 0 Å². The summed E-state index contributed by atoms with van der Waals surface area (Å²) < 4.78 is 44.3. The number of hydrogen-bond acceptors (Lipinski definition) is 7. The van der Waals surface area contributed by atoms with Crippen molar-refractivity contribution in [3.63, 3.8) is 0 Å². The Labute approximate surface area is 250 Å². The molecule has 0 fully saturated rings. The Balaban J connectivity index is 0.000000493. The van der Waals surface area contributed by atoms with Crippen molar-refractivity contribution in [1.29, 1.82) is 0 Å². The number of alkyl halides is 3. The average Bonchev–Trinajstić information content (AvgIpc) is 3.63. The molecule has 13 heteroatoms. The summed E-state index contributed by atoms with van der Waals surface area (Å²) in [6.45, 7) is 2.48. The molecule has 1 aliphatic heterocycles. The number of aromatic nitrogens is 3. The Morgan fingerprint density at radius 1 is 0.955 bits per heavy atom. The highest BCUT2D eigenvalue weighted by Crippen LogP contribution is 2.36. The first-order valence-electron chi connectivity index (χ1n) is 13.9. The van der Waals surface area contributed by atoms with E-state index in [2.05, 4.69) is 34.6 Å². The van der Waals surface area contributed by atoms with Crippen LogP contribution in [-0.2, 0) is 30.6 Å². The maximum atomic E-state index is 12.0. The zero-order chi connectivity index (χ0) is 31.3. The van der Waals surface area contributed by atoms with Crippen LogP contribution in [-0.4, -0.2) is 63.0 Å². The first-order chi connectivity index (χ1) is 21.1. The van der Waals surface area contributed by atoms with Gasteiger partial charge in [0, 0.05) is 30.1 Å². The Bertz CT molecular complexity index is 1650. The molecule has 3 heterocycles. The summed E-state index contributed by atoms with van der Waals surface area (Å²) in [7, 11) is 0. The second kappa shape index (κ2) is 13.2. The number of rotatable bonds is 9. The fourth-order valence-electron chi connectivity index (χ4n) is 5.12. The number of aromatic carboxylic acids is 1. The average molecular weight is 611 g/mol. The van der Waals surface area contributed by atoms with E-state index in [9.17, 15) is 23.1 Å². The van der Waals surface area contributed by atoms with Crippen molar-refractivity contribution in [3.05, 3.63) is 83.3 Å². The number of carboxylic acid groups (broad SMARTS) is 2. The van der Waals surface area contributed by atoms with Crippen molar-refractivity contribution in [2.45, 2.75) is 38.4 Å². The number of carboxylic acids is 2. The SMILES string of the molecule is O=C(O)C(F)(F)F.O=C(O)c1c2c(nn1CCCNCCc1ccc(-c3ccc4c(c3)OCO4)cc1)-c1ccncc1CC2. The number of halogens is 3. The number of fused-ring (bicyclic) bond motifs is 4. The number of pyridine rings is 1. The van der Waals surface area contributed by atoms with Crippen LogP contribution in [0.5, 0.6) is 11.5 Å². The minimum atomic E-state index is -5.08. The molecule has 230 valence electrons. The van der Waals surface area contributed by atoms with E-state index in [1.165, 1.54) is 5.56 Å². The molecule has 0 amide bonds. The fraction of sp³-hybridized carbons (Fsp3) is 0.290. The lowest BCUT2D eigenvalue weighted by Gasteiger charge is -2.14. The topological polar surface area (TPSA) is 136 Å². The van der Waals surface area contributed by atoms with Crippen molar-refractivity contribution in [3.8, 4) is 33.9 Å². The van der Waals surface area contributed by atoms with Gasteiger partial charge >= 0.3 is 18.1 Å². The lowest BCUT2D eigenvalue weighted by atomic mass is 9.90. The van der Waals surface area contributed by atoms with Crippen LogP contribution in [0, 0.1) is 0 Å². The summed E-state index contributed by atoms with van der Waals surface area (Å²) in [5.74, 6) is -2.09. The monoisotopic (exact) mass is 610 g/mol. The molecule has 44 heavy (non-hydrogen) atoms. The van der Waals surface area contributed by atoms with Gasteiger partial charge in [-0.05, 0) is 79.2 Å². The zero-order valence-corrected chi connectivity index (χ0v) is 23.4. The molecule has 2 aromatic heterocycles. The van der Waals surface area contributed by atoms with Crippen LogP contribution in [0.1, 0.15) is 33.6 Å². The maximum Gasteiger partial charge on any atom is 0.490 e. The smallest absolute Gasteiger partial charge is 0.477 e. The van der Waals surface area contributed by atoms with Crippen LogP contribution in [0.15, 0.2) is 60.9 Å². The number of hydrogen-bond donors (Lipinski definition) is 3. The molecule has 0 saturated carbocycles. The van der Waals surface area contributed by atoms with Crippen LogP contribution in [0.2, 0.25) is 0 Å². The number of nitrogens with zero attached hydrogens (tertiary/aromatic N) is 3. The standard InChI is InChI=1S/C29H28N4O4.C2HF3O2/c34-29(35)28-24-8-6-22-17-31-14-11-23(22)27(24)32-33(28)15-1-12-30-13-10-19-2-4-20(5-3-19)21-7-9-25-26(16-21)37-18-36-25;3-2(4,5)1(6)7/h2-5,7,9,11,14,16-17,30H,1,6,8,10,12-13,15,18H2,(H,34,35);(H,6,7). The van der Waals surface area contributed by atoms with E-state index in [1.54, 1.807) is 10.9 Å². The summed E-state index contributed by atoms with van der Waals surface area (Å²) in [6.07, 6.45) is 1.70. The second-order valence-electron chi connectivity index (χ2n) is 10.2. The highest BCUT2D eigenvalue weighted by molar-refractivity contribution is 5.90. The van der Waals surface area contributed by atoms with E-state index in [-0.39, 0.29) is 6.79 Å². The van der Waals surface area contributed by atoms with Gasteiger partial charge in [0.1, 0.15) is 5.69 Å². The first kappa shape index (κ1) is 30.5. The predicted molar refractivity (Wildman–Crippen MR) is 153 cm³/mol. The van der Waals surface area contributed by atoms with Gasteiger partial charge in [-0.3, -0.25) is 9.67 Å². The van der Waals surface area contributed by atoms with Crippen molar-refractivity contribution >= 4 is 11.9 Å². The van der Waals surface area contributed by atoms with Crippen LogP contribution in [0.25, 0.3) is 22.4 Å². The summed E-state index contributed by atoms with van der Waals surface area (Å²) in [4.78, 5) is 25.1. The molecular formula is C31H29F3N4O6. The third kappa shape index (κ3) is 7.00. The van der Waals surface area contributed by atoms with E-state index in [0.29, 0.717) is 18.7 Å². The highest BCUT2D eigenvalue weighted by atomic mass is 19.4. The molecule has 10 nitrogen and oxygen atoms in total. The Hall–Kier alpha value is -4.91. The van der Waals surface area contributed by atoms with Gasteiger partial charge in [-0.25, -0.2) is 9.59 Å². The summed E-state index contributed by atoms with van der Waals surface area (Å²) >= 11 is 0. The molecule has 0 saturated heterocycles. The van der Waals surface area contributed by atoms with Gasteiger partial charge in [-0.1, -0.05) is 30.3 Å². The Morgan fingerprint density at radius 3 is 2.41 bits per heavy atom. The largest absolute Gasteiger partial charge is 0.490 e. The van der Waals surface area contributed by atoms with Crippen LogP contribution >= 0.6 is 0 Å². The Morgan fingerprint density at radius 2 is 1.68 bits per heavy atom. The number of benzene rings is 2. The van der Waals surface area contributed by atoms with Crippen molar-refractivity contribution in [1.82, 2.24) is 20.1 Å². The molecule has 3 N–H and O–H groups in total. The molecule has 0 atom stereocenters. The van der Waals surface area contributed by atoms with Crippen LogP contribution < -0.4 is 14.8 Å². The van der Waals surface area contributed by atoms with Gasteiger partial charge in [0.05, 0.1) is 5.69 Å². The van der Waals surface area contributed by atoms with Crippen LogP contribution in [0.3, 0.4) is 0 Å². The molecule has 2 aromatic carbocycles. The molecule has 1 aliphatic carbocycles. The van der Waals surface area contributed by atoms with Gasteiger partial charge in [0.15, 0.2) is 11.5 Å². The number of aliphatic carboxylic acids is 1. The van der Waals surface area contributed by atoms with Gasteiger partial charge in [-0.15, -0.1) is 0 Å². The maximum absolute atomic E-state index is 12.0. The first-order valence-corrected chi connectivity index (χ1v) is 13.9. The van der Waals surface area contributed by atoms with Gasteiger partial charge in [-0.2, -0.15) is 18.3 Å². The fourth-order valence-corrected chi connectivity index (χ4v) is 5.12. The molecule has 4 aromatic rings. The predicted octanol–water partition coefficient (Wildman–Crippen LogP) is 4.99. The number of ether oxygens (including phenoxy) is 2. The molecule has 0 spiro atoms. The summed E-state index contributed by atoms with van der Waals surface area (Å²) in [6, 6.07) is 16.5. The van der Waals surface area contributed by atoms with E-state index < -0.39 is 18.1 Å². The molecule has 0 radical (unpaired) electrons. The minimum Gasteiger partial charge on any atom is -0.477 e. The van der Waals surface area contributed by atoms with Crippen LogP contribution in [0.4, 0.5) is 13.2 Å². The third-order valence-electron chi connectivity index (χ3n) is 7.27. The Kier molecular flexibility index (Phi) is 9.14. The highest BCUT2D eigenvalue weighted by Gasteiger charge is 2.38. The normalized spacial score (nSPS) is 13.0. The van der Waals surface area contributed by atoms with Crippen molar-refractivity contribution < 1.29 is 42.4 Å². The quantitative estimate of drug-likeness (QED) is 0.224. The molecule has 2 aliphatic rings. The summed E-state index contributed by atoms with van der Waals surface area (Å²) in [5.41, 5.74) is 7.59. The minimum absolute atomic E-state index is 0.280. The number of aryl methyl sites for hydroxylation is 2. The van der Waals surface area contributed by atoms with Gasteiger partial charge < -0.3 is 25.0 Å². The molecule has 6 rings (SSSR count). The number of carbonyl (C=O) groups is 2. The lowest BCUT2D eigenvalue weighted by molar-refractivity contribution is -0.192. The molecule has 0 bridgehead atoms. The second-order valence-corrected chi connectivity index (χ2v) is 10.2. The van der Waals surface area contributed by atoms with Crippen molar-refractivity contribution in [2.75, 3.05) is 19.9 Å². The van der Waals surface area contributed by atoms with E-state index in [0.717, 1.165) is 77.4 Å². The third-order valence-corrected chi connectivity index (χ3v) is 7.27. The summed E-state index contributed by atoms with van der Waals surface area (Å²) in [5, 5.41) is 25.2. The molecule has 0 unspecified atom stereocenters. The van der Waals surface area contributed by atoms with Gasteiger partial charge in [0.2, 0.25) is 6.79 Å². The van der Waals surface area contributed by atoms with Crippen molar-refractivity contribution in [2.24, 2.45) is 0 Å². The van der Waals surface area contributed by atoms with E-state index in [4.69, 9.17) is 24.5 Å². The lowest BCUT2D eigenvalue weighted by Crippen LogP contribution is -2.21. The molecular weight excluding hydrogens is 581 g/mol.